The zero-order valence-electron chi connectivity index (χ0n) is 15.3. The minimum Gasteiger partial charge on any atom is -0.492 e. The number of nitrogens with one attached hydrogen (secondary N) is 2. The molecule has 0 aliphatic rings. The van der Waals surface area contributed by atoms with Crippen LogP contribution >= 0.6 is 24.0 Å². The number of para-hydroxylation sites is 1. The molecule has 0 aliphatic heterocycles. The van der Waals surface area contributed by atoms with Crippen molar-refractivity contribution < 1.29 is 4.74 Å². The fourth-order valence-electron chi connectivity index (χ4n) is 2.28. The van der Waals surface area contributed by atoms with Crippen molar-refractivity contribution in [2.45, 2.75) is 26.7 Å². The van der Waals surface area contributed by atoms with Crippen LogP contribution in [-0.2, 0) is 0 Å². The van der Waals surface area contributed by atoms with Crippen molar-refractivity contribution in [3.8, 4) is 5.75 Å². The van der Waals surface area contributed by atoms with Crippen LogP contribution in [0, 0.1) is 0 Å². The second kappa shape index (κ2) is 15.5. The molecule has 0 aromatic heterocycles. The van der Waals surface area contributed by atoms with Gasteiger partial charge in [-0.1, -0.05) is 32.0 Å². The Labute approximate surface area is 164 Å². The zero-order chi connectivity index (χ0) is 16.8. The highest BCUT2D eigenvalue weighted by Crippen LogP contribution is 2.07. The van der Waals surface area contributed by atoms with Crippen molar-refractivity contribution in [1.29, 1.82) is 0 Å². The van der Waals surface area contributed by atoms with Crippen LogP contribution in [0.5, 0.6) is 5.75 Å². The monoisotopic (exact) mass is 448 g/mol. The maximum atomic E-state index is 5.64. The molecule has 1 rings (SSSR count). The summed E-state index contributed by atoms with van der Waals surface area (Å²) in [7, 11) is 1.79. The highest BCUT2D eigenvalue weighted by atomic mass is 127. The number of rotatable bonds is 11. The van der Waals surface area contributed by atoms with Gasteiger partial charge in [-0.3, -0.25) is 4.99 Å². The number of hydrogen-bond acceptors (Lipinski definition) is 3. The normalized spacial score (nSPS) is 11.1. The summed E-state index contributed by atoms with van der Waals surface area (Å²) in [6.07, 6.45) is 2.36. The predicted octanol–water partition coefficient (Wildman–Crippen LogP) is 2.97. The predicted molar refractivity (Wildman–Crippen MR) is 114 cm³/mol. The molecular weight excluding hydrogens is 415 g/mol. The van der Waals surface area contributed by atoms with E-state index in [1.165, 1.54) is 13.0 Å². The third-order valence-corrected chi connectivity index (χ3v) is 3.72. The number of ether oxygens (including phenoxy) is 1. The van der Waals surface area contributed by atoms with Gasteiger partial charge in [0.1, 0.15) is 12.4 Å². The number of aliphatic imine (C=N–C) groups is 1. The van der Waals surface area contributed by atoms with E-state index in [1.54, 1.807) is 7.05 Å². The molecule has 0 radical (unpaired) electrons. The number of hydrogen-bond donors (Lipinski definition) is 2. The molecule has 0 amide bonds. The minimum absolute atomic E-state index is 0. The fraction of sp³-hybridized carbons (Fsp3) is 0.611. The van der Waals surface area contributed by atoms with Gasteiger partial charge >= 0.3 is 0 Å². The van der Waals surface area contributed by atoms with Crippen molar-refractivity contribution >= 4 is 29.9 Å². The molecule has 0 aliphatic carbocycles. The summed E-state index contributed by atoms with van der Waals surface area (Å²) in [4.78, 5) is 6.68. The van der Waals surface area contributed by atoms with E-state index in [1.807, 2.05) is 30.3 Å². The van der Waals surface area contributed by atoms with E-state index in [2.05, 4.69) is 34.4 Å². The third kappa shape index (κ3) is 10.7. The Morgan fingerprint density at radius 2 is 1.71 bits per heavy atom. The van der Waals surface area contributed by atoms with Crippen LogP contribution in [0.2, 0.25) is 0 Å². The fourth-order valence-corrected chi connectivity index (χ4v) is 2.28. The highest BCUT2D eigenvalue weighted by Gasteiger charge is 2.00. The molecule has 1 aromatic rings. The van der Waals surface area contributed by atoms with Crippen LogP contribution in [0.25, 0.3) is 0 Å². The second-order valence-corrected chi connectivity index (χ2v) is 5.32. The molecule has 0 fully saturated rings. The van der Waals surface area contributed by atoms with Gasteiger partial charge in [-0.05, 0) is 44.6 Å². The molecule has 0 atom stereocenters. The average molecular weight is 448 g/mol. The van der Waals surface area contributed by atoms with Crippen molar-refractivity contribution in [3.63, 3.8) is 0 Å². The molecule has 2 N–H and O–H groups in total. The van der Waals surface area contributed by atoms with Crippen molar-refractivity contribution in [2.75, 3.05) is 46.4 Å². The molecule has 138 valence electrons. The largest absolute Gasteiger partial charge is 0.492 e. The topological polar surface area (TPSA) is 48.9 Å². The molecule has 1 aromatic carbocycles. The number of benzene rings is 1. The summed E-state index contributed by atoms with van der Waals surface area (Å²) >= 11 is 0. The Balaban J connectivity index is 0.00000529. The Morgan fingerprint density at radius 3 is 2.33 bits per heavy atom. The van der Waals surface area contributed by atoms with E-state index in [4.69, 9.17) is 4.74 Å². The lowest BCUT2D eigenvalue weighted by Crippen LogP contribution is -2.39. The first-order chi connectivity index (χ1) is 11.3. The van der Waals surface area contributed by atoms with E-state index in [0.29, 0.717) is 6.61 Å². The van der Waals surface area contributed by atoms with Crippen LogP contribution in [0.4, 0.5) is 0 Å². The Hall–Kier alpha value is -1.02. The lowest BCUT2D eigenvalue weighted by molar-refractivity contribution is 0.297. The number of unbranched alkanes of at least 4 members (excludes halogenated alkanes) is 1. The van der Waals surface area contributed by atoms with Gasteiger partial charge in [0.15, 0.2) is 5.96 Å². The van der Waals surface area contributed by atoms with Gasteiger partial charge < -0.3 is 20.3 Å². The van der Waals surface area contributed by atoms with E-state index >= 15 is 0 Å². The Bertz CT molecular complexity index is 424. The highest BCUT2D eigenvalue weighted by molar-refractivity contribution is 14.0. The van der Waals surface area contributed by atoms with Gasteiger partial charge in [0.25, 0.3) is 0 Å². The molecule has 0 unspecified atom stereocenters. The maximum absolute atomic E-state index is 5.64. The van der Waals surface area contributed by atoms with Crippen molar-refractivity contribution in [1.82, 2.24) is 15.5 Å². The van der Waals surface area contributed by atoms with Crippen molar-refractivity contribution in [2.24, 2.45) is 4.99 Å². The Kier molecular flexibility index (Phi) is 14.8. The molecule has 6 heteroatoms. The quantitative estimate of drug-likeness (QED) is 0.237. The first kappa shape index (κ1) is 23.0. The minimum atomic E-state index is 0. The van der Waals surface area contributed by atoms with Crippen LogP contribution in [0.1, 0.15) is 26.7 Å². The second-order valence-electron chi connectivity index (χ2n) is 5.32. The van der Waals surface area contributed by atoms with Gasteiger partial charge in [0.2, 0.25) is 0 Å². The summed E-state index contributed by atoms with van der Waals surface area (Å²) in [5.41, 5.74) is 0. The molecule has 24 heavy (non-hydrogen) atoms. The number of guanidine groups is 1. The van der Waals surface area contributed by atoms with Gasteiger partial charge in [0.05, 0.1) is 6.54 Å². The standard InChI is InChI=1S/C18H32N4O.HI/c1-4-22(5-2)15-10-9-13-20-18(19-3)21-14-16-23-17-11-7-6-8-12-17;/h6-8,11-12H,4-5,9-10,13-16H2,1-3H3,(H2,19,20,21);1H. The molecule has 0 bridgehead atoms. The van der Waals surface area contributed by atoms with E-state index in [9.17, 15) is 0 Å². The van der Waals surface area contributed by atoms with Crippen molar-refractivity contribution in [3.05, 3.63) is 30.3 Å². The molecular formula is C18H33IN4O. The zero-order valence-corrected chi connectivity index (χ0v) is 17.6. The number of nitrogens with zero attached hydrogens (tertiary/aromatic N) is 2. The van der Waals surface area contributed by atoms with Gasteiger partial charge in [-0.25, -0.2) is 0 Å². The summed E-state index contributed by atoms with van der Waals surface area (Å²) < 4.78 is 5.64. The average Bonchev–Trinajstić information content (AvgIpc) is 2.60. The lowest BCUT2D eigenvalue weighted by atomic mass is 10.3. The van der Waals surface area contributed by atoms with Crippen LogP contribution in [0.15, 0.2) is 35.3 Å². The summed E-state index contributed by atoms with van der Waals surface area (Å²) in [6.45, 7) is 10.2. The van der Waals surface area contributed by atoms with Gasteiger partial charge in [-0.2, -0.15) is 0 Å². The van der Waals surface area contributed by atoms with Crippen LogP contribution < -0.4 is 15.4 Å². The van der Waals surface area contributed by atoms with Crippen LogP contribution in [-0.4, -0.2) is 57.2 Å². The van der Waals surface area contributed by atoms with E-state index < -0.39 is 0 Å². The third-order valence-electron chi connectivity index (χ3n) is 3.72. The van der Waals surface area contributed by atoms with E-state index in [-0.39, 0.29) is 24.0 Å². The lowest BCUT2D eigenvalue weighted by Gasteiger charge is -2.18. The molecule has 0 saturated carbocycles. The first-order valence-corrected chi connectivity index (χ1v) is 8.64. The number of halogens is 1. The Morgan fingerprint density at radius 1 is 1.04 bits per heavy atom. The smallest absolute Gasteiger partial charge is 0.191 e. The first-order valence-electron chi connectivity index (χ1n) is 8.64. The summed E-state index contributed by atoms with van der Waals surface area (Å²) in [5, 5.41) is 6.61. The maximum Gasteiger partial charge on any atom is 0.191 e. The molecule has 0 saturated heterocycles. The van der Waals surface area contributed by atoms with Crippen LogP contribution in [0.3, 0.4) is 0 Å². The van der Waals surface area contributed by atoms with E-state index in [0.717, 1.165) is 44.3 Å². The SMILES string of the molecule is CCN(CC)CCCCNC(=NC)NCCOc1ccccc1.I. The van der Waals surface area contributed by atoms with Gasteiger partial charge in [0, 0.05) is 13.6 Å². The summed E-state index contributed by atoms with van der Waals surface area (Å²) in [6, 6.07) is 9.85. The molecule has 5 nitrogen and oxygen atoms in total. The summed E-state index contributed by atoms with van der Waals surface area (Å²) in [5.74, 6) is 1.73. The van der Waals surface area contributed by atoms with Gasteiger partial charge in [-0.15, -0.1) is 24.0 Å². The molecule has 0 heterocycles. The molecule has 0 spiro atoms.